The maximum atomic E-state index is 11.1. The number of aromatic hydroxyl groups is 1. The fourth-order valence-corrected chi connectivity index (χ4v) is 4.35. The van der Waals surface area contributed by atoms with Gasteiger partial charge in [-0.3, -0.25) is 0 Å². The van der Waals surface area contributed by atoms with Gasteiger partial charge in [0, 0.05) is 37.1 Å². The summed E-state index contributed by atoms with van der Waals surface area (Å²) in [5.41, 5.74) is 4.01. The number of ether oxygens (including phenoxy) is 1. The number of phenolic OH excluding ortho intramolecular Hbond substituents is 1. The van der Waals surface area contributed by atoms with E-state index < -0.39 is 0 Å². The minimum atomic E-state index is 0.121. The van der Waals surface area contributed by atoms with Crippen LogP contribution in [0.2, 0.25) is 0 Å². The number of hydrogen-bond donors (Lipinski definition) is 1. The van der Waals surface area contributed by atoms with E-state index in [0.717, 1.165) is 54.2 Å². The molecule has 1 unspecified atom stereocenters. The minimum Gasteiger partial charge on any atom is -0.505 e. The van der Waals surface area contributed by atoms with E-state index in [1.165, 1.54) is 5.56 Å². The highest BCUT2D eigenvalue weighted by atomic mass is 16.5. The smallest absolute Gasteiger partial charge is 0.143 e. The lowest BCUT2D eigenvalue weighted by Crippen LogP contribution is -2.37. The molecule has 1 fully saturated rings. The predicted molar refractivity (Wildman–Crippen MR) is 106 cm³/mol. The Morgan fingerprint density at radius 1 is 1.07 bits per heavy atom. The monoisotopic (exact) mass is 364 g/mol. The number of anilines is 1. The summed E-state index contributed by atoms with van der Waals surface area (Å²) in [6, 6.07) is 14.5. The molecule has 2 aliphatic heterocycles. The third-order valence-corrected chi connectivity index (χ3v) is 5.74. The van der Waals surface area contributed by atoms with Crippen LogP contribution in [-0.2, 0) is 11.3 Å². The first-order valence-corrected chi connectivity index (χ1v) is 9.55. The Kier molecular flexibility index (Phi) is 4.06. The molecule has 1 N–H and O–H groups in total. The fraction of sp³-hybridized carbons (Fsp3) is 0.364. The Morgan fingerprint density at radius 3 is 2.70 bits per heavy atom. The van der Waals surface area contributed by atoms with Crippen molar-refractivity contribution < 1.29 is 14.3 Å². The Bertz CT molecular complexity index is 942. The molecular weight excluding hydrogens is 340 g/mol. The topological polar surface area (TPSA) is 49.1 Å². The summed E-state index contributed by atoms with van der Waals surface area (Å²) >= 11 is 0. The molecule has 3 heterocycles. The summed E-state index contributed by atoms with van der Waals surface area (Å²) < 4.78 is 11.6. The number of nitrogens with zero attached hydrogens (tertiary/aromatic N) is 2. The van der Waals surface area contributed by atoms with Crippen LogP contribution in [0.15, 0.2) is 46.9 Å². The van der Waals surface area contributed by atoms with E-state index in [9.17, 15) is 5.11 Å². The van der Waals surface area contributed by atoms with Crippen LogP contribution < -0.4 is 4.90 Å². The molecule has 140 valence electrons. The lowest BCUT2D eigenvalue weighted by atomic mass is 9.87. The standard InChI is InChI=1S/C22H24N2O3/c1-23-13-17(21-12-15-4-2-3-5-20(15)27-21)16-6-7-19(22(25)18(16)14-23)24-8-10-26-11-9-24/h2-7,12,17,25H,8-11,13-14H2,1H3. The molecule has 0 amide bonds. The number of likely N-dealkylation sites (N-methyl/N-ethyl adjacent to an activating group) is 1. The van der Waals surface area contributed by atoms with Crippen LogP contribution in [0.25, 0.3) is 11.0 Å². The van der Waals surface area contributed by atoms with Gasteiger partial charge in [0.2, 0.25) is 0 Å². The fourth-order valence-electron chi connectivity index (χ4n) is 4.35. The van der Waals surface area contributed by atoms with Gasteiger partial charge in [0.05, 0.1) is 24.8 Å². The number of furan rings is 1. The summed E-state index contributed by atoms with van der Waals surface area (Å²) in [6.45, 7) is 4.67. The largest absolute Gasteiger partial charge is 0.505 e. The van der Waals surface area contributed by atoms with Crippen molar-refractivity contribution in [2.45, 2.75) is 12.5 Å². The zero-order chi connectivity index (χ0) is 18.4. The molecule has 5 rings (SSSR count). The Hall–Kier alpha value is -2.50. The van der Waals surface area contributed by atoms with Crippen molar-refractivity contribution in [3.8, 4) is 5.75 Å². The quantitative estimate of drug-likeness (QED) is 0.754. The lowest BCUT2D eigenvalue weighted by molar-refractivity contribution is 0.122. The molecule has 0 radical (unpaired) electrons. The molecule has 3 aromatic rings. The highest BCUT2D eigenvalue weighted by Gasteiger charge is 2.31. The number of morpholine rings is 1. The van der Waals surface area contributed by atoms with Crippen LogP contribution in [0.5, 0.6) is 5.75 Å². The molecule has 0 spiro atoms. The van der Waals surface area contributed by atoms with E-state index in [2.05, 4.69) is 41.1 Å². The third-order valence-electron chi connectivity index (χ3n) is 5.74. The lowest BCUT2D eigenvalue weighted by Gasteiger charge is -2.35. The molecule has 1 atom stereocenters. The SMILES string of the molecule is CN1Cc2c(ccc(N3CCOCC3)c2O)C(c2cc3ccccc3o2)C1. The zero-order valence-electron chi connectivity index (χ0n) is 15.5. The molecule has 1 aromatic heterocycles. The molecule has 2 aliphatic rings. The first-order chi connectivity index (χ1) is 13.2. The van der Waals surface area contributed by atoms with Crippen molar-refractivity contribution in [3.05, 3.63) is 59.4 Å². The van der Waals surface area contributed by atoms with Gasteiger partial charge in [0.25, 0.3) is 0 Å². The summed E-state index contributed by atoms with van der Waals surface area (Å²) in [5, 5.41) is 12.2. The average molecular weight is 364 g/mol. The number of fused-ring (bicyclic) bond motifs is 2. The van der Waals surface area contributed by atoms with Crippen LogP contribution in [0, 0.1) is 0 Å². The summed E-state index contributed by atoms with van der Waals surface area (Å²) in [7, 11) is 2.10. The number of para-hydroxylation sites is 1. The molecule has 5 nitrogen and oxygen atoms in total. The van der Waals surface area contributed by atoms with Gasteiger partial charge in [-0.15, -0.1) is 0 Å². The summed E-state index contributed by atoms with van der Waals surface area (Å²) in [6.07, 6.45) is 0. The van der Waals surface area contributed by atoms with Crippen LogP contribution in [-0.4, -0.2) is 49.9 Å². The zero-order valence-corrected chi connectivity index (χ0v) is 15.5. The summed E-state index contributed by atoms with van der Waals surface area (Å²) in [5.74, 6) is 1.49. The van der Waals surface area contributed by atoms with Crippen LogP contribution in [0.3, 0.4) is 0 Å². The summed E-state index contributed by atoms with van der Waals surface area (Å²) in [4.78, 5) is 4.47. The molecule has 5 heteroatoms. The molecule has 1 saturated heterocycles. The molecular formula is C22H24N2O3. The highest BCUT2D eigenvalue weighted by Crippen LogP contribution is 2.42. The maximum absolute atomic E-state index is 11.1. The van der Waals surface area contributed by atoms with Crippen LogP contribution >= 0.6 is 0 Å². The number of hydrogen-bond acceptors (Lipinski definition) is 5. The maximum Gasteiger partial charge on any atom is 0.143 e. The van der Waals surface area contributed by atoms with Crippen molar-refractivity contribution in [2.24, 2.45) is 0 Å². The molecule has 2 aromatic carbocycles. The molecule has 0 saturated carbocycles. The number of benzene rings is 2. The van der Waals surface area contributed by atoms with Gasteiger partial charge in [-0.2, -0.15) is 0 Å². The average Bonchev–Trinajstić information content (AvgIpc) is 3.13. The van der Waals surface area contributed by atoms with E-state index in [1.807, 2.05) is 18.2 Å². The van der Waals surface area contributed by atoms with E-state index >= 15 is 0 Å². The van der Waals surface area contributed by atoms with E-state index in [1.54, 1.807) is 0 Å². The Labute approximate surface area is 158 Å². The second-order valence-corrected chi connectivity index (χ2v) is 7.54. The van der Waals surface area contributed by atoms with Gasteiger partial charge < -0.3 is 24.1 Å². The van der Waals surface area contributed by atoms with Crippen LogP contribution in [0.1, 0.15) is 22.8 Å². The van der Waals surface area contributed by atoms with Crippen molar-refractivity contribution in [2.75, 3.05) is 44.8 Å². The van der Waals surface area contributed by atoms with Crippen molar-refractivity contribution in [1.29, 1.82) is 0 Å². The molecule has 27 heavy (non-hydrogen) atoms. The van der Waals surface area contributed by atoms with Gasteiger partial charge in [-0.25, -0.2) is 0 Å². The van der Waals surface area contributed by atoms with Crippen molar-refractivity contribution in [3.63, 3.8) is 0 Å². The second-order valence-electron chi connectivity index (χ2n) is 7.54. The van der Waals surface area contributed by atoms with E-state index in [-0.39, 0.29) is 5.92 Å². The minimum absolute atomic E-state index is 0.121. The van der Waals surface area contributed by atoms with Gasteiger partial charge in [0.15, 0.2) is 0 Å². The predicted octanol–water partition coefficient (Wildman–Crippen LogP) is 3.55. The van der Waals surface area contributed by atoms with Gasteiger partial charge >= 0.3 is 0 Å². The molecule has 0 bridgehead atoms. The van der Waals surface area contributed by atoms with Crippen LogP contribution in [0.4, 0.5) is 5.69 Å². The third kappa shape index (κ3) is 2.87. The Morgan fingerprint density at radius 2 is 1.89 bits per heavy atom. The Balaban J connectivity index is 1.57. The van der Waals surface area contributed by atoms with Crippen molar-refractivity contribution >= 4 is 16.7 Å². The first-order valence-electron chi connectivity index (χ1n) is 9.55. The van der Waals surface area contributed by atoms with Gasteiger partial charge in [-0.05, 0) is 30.8 Å². The van der Waals surface area contributed by atoms with Gasteiger partial charge in [0.1, 0.15) is 17.1 Å². The van der Waals surface area contributed by atoms with Gasteiger partial charge in [-0.1, -0.05) is 24.3 Å². The normalized spacial score (nSPS) is 20.8. The second kappa shape index (κ2) is 6.59. The number of rotatable bonds is 2. The first kappa shape index (κ1) is 16.7. The van der Waals surface area contributed by atoms with Crippen molar-refractivity contribution in [1.82, 2.24) is 4.90 Å². The highest BCUT2D eigenvalue weighted by molar-refractivity contribution is 5.78. The van der Waals surface area contributed by atoms with E-state index in [0.29, 0.717) is 19.0 Å². The number of phenols is 1. The van der Waals surface area contributed by atoms with E-state index in [4.69, 9.17) is 9.15 Å². The molecule has 0 aliphatic carbocycles.